The molecule has 0 spiro atoms. The third-order valence-electron chi connectivity index (χ3n) is 10.9. The minimum Gasteiger partial charge on any atom is -0.444 e. The second kappa shape index (κ2) is 24.0. The van der Waals surface area contributed by atoms with Crippen LogP contribution in [0.3, 0.4) is 0 Å². The van der Waals surface area contributed by atoms with Gasteiger partial charge in [0, 0.05) is 36.8 Å². The number of H-pyrrole nitrogens is 1. The van der Waals surface area contributed by atoms with Crippen LogP contribution in [0.25, 0.3) is 0 Å². The molecule has 7 N–H and O–H groups in total. The van der Waals surface area contributed by atoms with Gasteiger partial charge in [-0.3, -0.25) is 19.2 Å². The Kier molecular flexibility index (Phi) is 19.2. The Morgan fingerprint density at radius 3 is 2.10 bits per heavy atom. The number of aromatic nitrogens is 2. The maximum atomic E-state index is 14.4. The normalized spacial score (nSPS) is 15.9. The fourth-order valence-corrected chi connectivity index (χ4v) is 7.97. The Morgan fingerprint density at radius 2 is 1.46 bits per heavy atom. The molecule has 0 aliphatic heterocycles. The topological polar surface area (TPSA) is 204 Å². The number of carbonyl (C=O) groups is 5. The predicted octanol–water partition coefficient (Wildman–Crippen LogP) is 4.83. The van der Waals surface area contributed by atoms with Crippen LogP contribution < -0.4 is 26.6 Å². The smallest absolute Gasteiger partial charge is 0.408 e. The largest absolute Gasteiger partial charge is 0.444 e. The molecule has 1 saturated carbocycles. The van der Waals surface area contributed by atoms with Crippen LogP contribution >= 0.6 is 0 Å². The maximum absolute atomic E-state index is 14.4. The van der Waals surface area contributed by atoms with Gasteiger partial charge in [-0.15, -0.1) is 0 Å². The number of ether oxygens (including phenoxy) is 1. The lowest BCUT2D eigenvalue weighted by molar-refractivity contribution is -0.884. The number of nitrogens with one attached hydrogen (secondary N) is 6. The highest BCUT2D eigenvalue weighted by Crippen LogP contribution is 2.28. The van der Waals surface area contributed by atoms with Gasteiger partial charge in [0.2, 0.25) is 23.6 Å². The summed E-state index contributed by atoms with van der Waals surface area (Å²) in [6, 6.07) is 13.3. The summed E-state index contributed by atoms with van der Waals surface area (Å²) in [6.45, 7) is 10.3. The molecular weight excluding hydrogens is 801 g/mol. The van der Waals surface area contributed by atoms with Crippen molar-refractivity contribution in [2.45, 2.75) is 148 Å². The molecule has 15 nitrogen and oxygen atoms in total. The third-order valence-corrected chi connectivity index (χ3v) is 10.9. The van der Waals surface area contributed by atoms with E-state index in [1.807, 2.05) is 56.3 Å². The summed E-state index contributed by atoms with van der Waals surface area (Å²) < 4.78 is 6.24. The average Bonchev–Trinajstić information content (AvgIpc) is 3.71. The number of amides is 5. The lowest BCUT2D eigenvalue weighted by atomic mass is 9.83. The fraction of sp³-hybridized carbons (Fsp3) is 0.583. The van der Waals surface area contributed by atoms with E-state index in [9.17, 15) is 29.1 Å². The minimum atomic E-state index is -1.30. The van der Waals surface area contributed by atoms with E-state index in [2.05, 4.69) is 69.8 Å². The van der Waals surface area contributed by atoms with Crippen LogP contribution in [0.1, 0.15) is 108 Å². The van der Waals surface area contributed by atoms with Crippen LogP contribution in [0.2, 0.25) is 0 Å². The average molecular weight is 874 g/mol. The van der Waals surface area contributed by atoms with Crippen LogP contribution in [0.15, 0.2) is 67.1 Å². The number of aliphatic hydroxyl groups is 1. The van der Waals surface area contributed by atoms with E-state index in [0.29, 0.717) is 25.1 Å². The molecule has 5 atom stereocenters. The summed E-state index contributed by atoms with van der Waals surface area (Å²) in [6.07, 6.45) is 6.57. The SMILES string of the molecule is CC(C)C[C@H](NC(=O)C[C@H](O)[C@H](CC1CCCCC1)NC(=O)[C@H](Cc1cnc[nH]1)NC(=O)[C@H](Cc1ccccc1)NC(=O)OC(C)(C)C)C(=O)NCc1cccc(C[N+](C)(C)C)c1. The quantitative estimate of drug-likeness (QED) is 0.0696. The van der Waals surface area contributed by atoms with Crippen molar-refractivity contribution in [3.63, 3.8) is 0 Å². The molecule has 4 rings (SSSR count). The Balaban J connectivity index is 1.50. The second-order valence-corrected chi connectivity index (χ2v) is 19.6. The van der Waals surface area contributed by atoms with Crippen molar-refractivity contribution in [1.82, 2.24) is 36.6 Å². The number of rotatable bonds is 22. The number of quaternary nitrogens is 1. The fourth-order valence-electron chi connectivity index (χ4n) is 7.97. The van der Waals surface area contributed by atoms with Crippen LogP contribution in [-0.4, -0.2) is 106 Å². The molecule has 63 heavy (non-hydrogen) atoms. The molecule has 1 heterocycles. The van der Waals surface area contributed by atoms with E-state index < -0.39 is 59.7 Å². The highest BCUT2D eigenvalue weighted by Gasteiger charge is 2.34. The van der Waals surface area contributed by atoms with Gasteiger partial charge in [-0.05, 0) is 62.6 Å². The van der Waals surface area contributed by atoms with Crippen molar-refractivity contribution in [2.75, 3.05) is 21.1 Å². The van der Waals surface area contributed by atoms with Gasteiger partial charge in [0.1, 0.15) is 30.3 Å². The molecule has 1 aliphatic carbocycles. The van der Waals surface area contributed by atoms with E-state index in [0.717, 1.165) is 59.8 Å². The molecule has 5 amide bonds. The zero-order valence-electron chi connectivity index (χ0n) is 38.7. The van der Waals surface area contributed by atoms with Crippen molar-refractivity contribution in [3.8, 4) is 0 Å². The van der Waals surface area contributed by atoms with Gasteiger partial charge in [-0.25, -0.2) is 9.78 Å². The third kappa shape index (κ3) is 18.9. The summed E-state index contributed by atoms with van der Waals surface area (Å²) in [5.41, 5.74) is 2.65. The lowest BCUT2D eigenvalue weighted by Gasteiger charge is -2.32. The van der Waals surface area contributed by atoms with Gasteiger partial charge in [0.05, 0.1) is 46.0 Å². The summed E-state index contributed by atoms with van der Waals surface area (Å²) in [4.78, 5) is 75.7. The molecule has 0 bridgehead atoms. The van der Waals surface area contributed by atoms with Gasteiger partial charge in [0.25, 0.3) is 0 Å². The highest BCUT2D eigenvalue weighted by atomic mass is 16.6. The molecule has 0 unspecified atom stereocenters. The predicted molar refractivity (Wildman–Crippen MR) is 243 cm³/mol. The van der Waals surface area contributed by atoms with Crippen molar-refractivity contribution in [2.24, 2.45) is 11.8 Å². The Labute approximate surface area is 373 Å². The number of hydrogen-bond donors (Lipinski definition) is 7. The number of nitrogens with zero attached hydrogens (tertiary/aromatic N) is 2. The highest BCUT2D eigenvalue weighted by molar-refractivity contribution is 5.92. The first-order valence-electron chi connectivity index (χ1n) is 22.5. The van der Waals surface area contributed by atoms with Gasteiger partial charge in [0.15, 0.2) is 0 Å². The Morgan fingerprint density at radius 1 is 0.810 bits per heavy atom. The van der Waals surface area contributed by atoms with Crippen molar-refractivity contribution in [3.05, 3.63) is 89.5 Å². The zero-order chi connectivity index (χ0) is 46.2. The van der Waals surface area contributed by atoms with Crippen LogP contribution in [-0.2, 0) is 49.8 Å². The second-order valence-electron chi connectivity index (χ2n) is 19.6. The molecule has 1 aliphatic rings. The number of aromatic amines is 1. The summed E-state index contributed by atoms with van der Waals surface area (Å²) >= 11 is 0. The van der Waals surface area contributed by atoms with Crippen molar-refractivity contribution >= 4 is 29.7 Å². The molecule has 15 heteroatoms. The maximum Gasteiger partial charge on any atom is 0.408 e. The first-order valence-corrected chi connectivity index (χ1v) is 22.5. The van der Waals surface area contributed by atoms with E-state index in [4.69, 9.17) is 4.74 Å². The number of benzene rings is 2. The van der Waals surface area contributed by atoms with E-state index in [1.54, 1.807) is 27.0 Å². The lowest BCUT2D eigenvalue weighted by Crippen LogP contribution is -2.58. The van der Waals surface area contributed by atoms with Crippen LogP contribution in [0.5, 0.6) is 0 Å². The van der Waals surface area contributed by atoms with Gasteiger partial charge < -0.3 is 45.9 Å². The molecule has 3 aromatic rings. The Bertz CT molecular complexity index is 1900. The van der Waals surface area contributed by atoms with Crippen molar-refractivity contribution < 1.29 is 38.3 Å². The van der Waals surface area contributed by atoms with E-state index in [1.165, 1.54) is 6.33 Å². The number of aliphatic hydroxyl groups excluding tert-OH is 1. The molecule has 1 aromatic heterocycles. The van der Waals surface area contributed by atoms with E-state index in [-0.39, 0.29) is 37.0 Å². The van der Waals surface area contributed by atoms with Crippen LogP contribution in [0.4, 0.5) is 4.79 Å². The number of hydrogen-bond acceptors (Lipinski definition) is 8. The van der Waals surface area contributed by atoms with Crippen LogP contribution in [0, 0.1) is 11.8 Å². The summed E-state index contributed by atoms with van der Waals surface area (Å²) in [5.74, 6) is -1.73. The minimum absolute atomic E-state index is 0.0287. The standard InChI is InChI=1S/C48H72N8O7/c1-32(2)22-39(44(59)50-28-35-20-15-21-36(23-35)30-56(6,7)8)52-43(58)27-42(57)38(24-33-16-11-9-12-17-33)53-46(61)41(26-37-29-49-31-51-37)54-45(60)40(25-34-18-13-10-14-19-34)55-47(62)63-48(3,4)5/h10,13-15,18-21,23,29,31-33,38-42,57H,9,11-12,16-17,22,24-28,30H2,1-8H3,(H5-,49,50,51,52,53,54,55,58,59,60,61,62)/p+1/t38-,39-,40-,41-,42-/m0/s1. The molecule has 1 fully saturated rings. The van der Waals surface area contributed by atoms with Crippen molar-refractivity contribution in [1.29, 1.82) is 0 Å². The number of alkyl carbamates (subject to hydrolysis) is 1. The monoisotopic (exact) mass is 874 g/mol. The van der Waals surface area contributed by atoms with Gasteiger partial charge in [-0.2, -0.15) is 0 Å². The molecular formula is C48H73N8O7+. The molecule has 2 aromatic carbocycles. The first-order chi connectivity index (χ1) is 29.7. The van der Waals surface area contributed by atoms with E-state index >= 15 is 0 Å². The first kappa shape index (κ1) is 50.4. The summed E-state index contributed by atoms with van der Waals surface area (Å²) in [5, 5.41) is 26.2. The molecule has 346 valence electrons. The van der Waals surface area contributed by atoms with Gasteiger partial charge >= 0.3 is 6.09 Å². The number of imidazole rings is 1. The molecule has 0 saturated heterocycles. The number of carbonyl (C=O) groups excluding carboxylic acids is 5. The zero-order valence-corrected chi connectivity index (χ0v) is 38.7. The Hall–Kier alpha value is -5.28. The molecule has 0 radical (unpaired) electrons. The van der Waals surface area contributed by atoms with Gasteiger partial charge in [-0.1, -0.05) is 94.5 Å². The summed E-state index contributed by atoms with van der Waals surface area (Å²) in [7, 11) is 6.36.